The van der Waals surface area contributed by atoms with Gasteiger partial charge >= 0.3 is 0 Å². The van der Waals surface area contributed by atoms with Crippen LogP contribution in [-0.4, -0.2) is 0 Å². The van der Waals surface area contributed by atoms with Crippen LogP contribution in [0.15, 0.2) is 39.3 Å². The van der Waals surface area contributed by atoms with Crippen LogP contribution in [0.1, 0.15) is 31.4 Å². The fourth-order valence-corrected chi connectivity index (χ4v) is 2.71. The predicted octanol–water partition coefficient (Wildman–Crippen LogP) is 4.57. The van der Waals surface area contributed by atoms with E-state index in [9.17, 15) is 0 Å². The van der Waals surface area contributed by atoms with E-state index in [4.69, 9.17) is 5.73 Å². The van der Waals surface area contributed by atoms with E-state index >= 15 is 0 Å². The lowest BCUT2D eigenvalue weighted by Crippen LogP contribution is -2.11. The zero-order valence-corrected chi connectivity index (χ0v) is 11.9. The van der Waals surface area contributed by atoms with Crippen molar-refractivity contribution in [3.8, 4) is 0 Å². The van der Waals surface area contributed by atoms with Gasteiger partial charge in [0.05, 0.1) is 0 Å². The molecule has 0 fully saturated rings. The summed E-state index contributed by atoms with van der Waals surface area (Å²) in [6.45, 7) is 6.08. The molecule has 0 saturated carbocycles. The van der Waals surface area contributed by atoms with Gasteiger partial charge in [-0.25, -0.2) is 0 Å². The number of nitrogens with two attached hydrogens (primary N) is 1. The van der Waals surface area contributed by atoms with Gasteiger partial charge in [0.2, 0.25) is 0 Å². The van der Waals surface area contributed by atoms with Crippen LogP contribution in [-0.2, 0) is 0 Å². The Morgan fingerprint density at radius 1 is 1.47 bits per heavy atom. The van der Waals surface area contributed by atoms with Crippen LogP contribution in [0.2, 0.25) is 0 Å². The second-order valence-corrected chi connectivity index (χ2v) is 5.35. The van der Waals surface area contributed by atoms with Gasteiger partial charge in [0.15, 0.2) is 0 Å². The van der Waals surface area contributed by atoms with Crippen LogP contribution >= 0.6 is 31.9 Å². The third kappa shape index (κ3) is 3.74. The molecule has 1 atom stereocenters. The van der Waals surface area contributed by atoms with Crippen molar-refractivity contribution in [1.82, 2.24) is 0 Å². The van der Waals surface area contributed by atoms with Crippen molar-refractivity contribution < 1.29 is 0 Å². The highest BCUT2D eigenvalue weighted by molar-refractivity contribution is 9.11. The average Bonchev–Trinajstić information content (AvgIpc) is 2.17. The minimum absolute atomic E-state index is 0.0277. The van der Waals surface area contributed by atoms with Gasteiger partial charge in [-0.2, -0.15) is 0 Å². The molecular weight excluding hydrogens is 318 g/mol. The first-order valence-corrected chi connectivity index (χ1v) is 6.50. The summed E-state index contributed by atoms with van der Waals surface area (Å²) in [6.07, 6.45) is 1.83. The highest BCUT2D eigenvalue weighted by Crippen LogP contribution is 2.28. The van der Waals surface area contributed by atoms with Gasteiger partial charge in [-0.3, -0.25) is 0 Å². The van der Waals surface area contributed by atoms with E-state index in [0.717, 1.165) is 27.4 Å². The van der Waals surface area contributed by atoms with Crippen molar-refractivity contribution in [3.63, 3.8) is 0 Å². The van der Waals surface area contributed by atoms with Crippen LogP contribution in [0.3, 0.4) is 0 Å². The molecular formula is C12H15Br2N. The minimum Gasteiger partial charge on any atom is -0.324 e. The summed E-state index contributed by atoms with van der Waals surface area (Å²) < 4.78 is 2.10. The second-order valence-electron chi connectivity index (χ2n) is 3.58. The van der Waals surface area contributed by atoms with Gasteiger partial charge in [-0.15, -0.1) is 0 Å². The van der Waals surface area contributed by atoms with Crippen molar-refractivity contribution in [2.75, 3.05) is 0 Å². The Kier molecular flexibility index (Phi) is 5.03. The number of benzene rings is 1. The fraction of sp³-hybridized carbons (Fsp3) is 0.333. The Hall–Kier alpha value is -0.120. The van der Waals surface area contributed by atoms with Crippen molar-refractivity contribution in [2.24, 2.45) is 5.73 Å². The lowest BCUT2D eigenvalue weighted by molar-refractivity contribution is 0.698. The Labute approximate surface area is 108 Å². The monoisotopic (exact) mass is 331 g/mol. The van der Waals surface area contributed by atoms with Gasteiger partial charge in [-0.1, -0.05) is 57.0 Å². The topological polar surface area (TPSA) is 26.0 Å². The number of rotatable bonds is 4. The van der Waals surface area contributed by atoms with E-state index in [1.807, 2.05) is 18.2 Å². The summed E-state index contributed by atoms with van der Waals surface area (Å²) in [7, 11) is 0. The summed E-state index contributed by atoms with van der Waals surface area (Å²) >= 11 is 6.94. The average molecular weight is 333 g/mol. The van der Waals surface area contributed by atoms with E-state index in [0.29, 0.717) is 0 Å². The van der Waals surface area contributed by atoms with Crippen molar-refractivity contribution in [1.29, 1.82) is 0 Å². The second kappa shape index (κ2) is 5.83. The molecule has 3 heteroatoms. The molecule has 0 heterocycles. The lowest BCUT2D eigenvalue weighted by atomic mass is 9.99. The minimum atomic E-state index is 0.0277. The highest BCUT2D eigenvalue weighted by atomic mass is 79.9. The summed E-state index contributed by atoms with van der Waals surface area (Å²) in [5, 5.41) is 0. The maximum Gasteiger partial charge on any atom is 0.0343 e. The quantitative estimate of drug-likeness (QED) is 0.803. The molecule has 0 radical (unpaired) electrons. The molecule has 0 aliphatic heterocycles. The molecule has 0 bridgehead atoms. The molecule has 15 heavy (non-hydrogen) atoms. The van der Waals surface area contributed by atoms with Gasteiger partial charge in [-0.05, 0) is 30.5 Å². The van der Waals surface area contributed by atoms with Gasteiger partial charge in [0.25, 0.3) is 0 Å². The highest BCUT2D eigenvalue weighted by Gasteiger charge is 2.10. The molecule has 1 unspecified atom stereocenters. The zero-order chi connectivity index (χ0) is 11.4. The van der Waals surface area contributed by atoms with Crippen LogP contribution < -0.4 is 5.73 Å². The SMILES string of the molecule is C=C(CC)CC(N)c1ccc(Br)cc1Br. The molecule has 0 amide bonds. The molecule has 0 spiro atoms. The maximum absolute atomic E-state index is 6.12. The number of hydrogen-bond donors (Lipinski definition) is 1. The molecule has 1 rings (SSSR count). The number of halogens is 2. The summed E-state index contributed by atoms with van der Waals surface area (Å²) in [6, 6.07) is 6.10. The Morgan fingerprint density at radius 3 is 2.67 bits per heavy atom. The molecule has 1 aromatic carbocycles. The maximum atomic E-state index is 6.12. The molecule has 0 saturated heterocycles. The fourth-order valence-electron chi connectivity index (χ4n) is 1.37. The van der Waals surface area contributed by atoms with Crippen LogP contribution in [0, 0.1) is 0 Å². The van der Waals surface area contributed by atoms with E-state index in [2.05, 4.69) is 45.4 Å². The standard InChI is InChI=1S/C12H15Br2N/c1-3-8(2)6-12(15)10-5-4-9(13)7-11(10)14/h4-5,7,12H,2-3,6,15H2,1H3. The first-order chi connectivity index (χ1) is 7.04. The van der Waals surface area contributed by atoms with Crippen LogP contribution in [0.4, 0.5) is 0 Å². The molecule has 1 nitrogen and oxygen atoms in total. The molecule has 0 aliphatic carbocycles. The summed E-state index contributed by atoms with van der Waals surface area (Å²) in [5.41, 5.74) is 8.44. The molecule has 2 N–H and O–H groups in total. The predicted molar refractivity (Wildman–Crippen MR) is 72.8 cm³/mol. The summed E-state index contributed by atoms with van der Waals surface area (Å²) in [5.74, 6) is 0. The van der Waals surface area contributed by atoms with E-state index in [-0.39, 0.29) is 6.04 Å². The lowest BCUT2D eigenvalue weighted by Gasteiger charge is -2.15. The Morgan fingerprint density at radius 2 is 2.13 bits per heavy atom. The molecule has 1 aromatic rings. The Bertz CT molecular complexity index is 361. The smallest absolute Gasteiger partial charge is 0.0343 e. The van der Waals surface area contributed by atoms with E-state index in [1.54, 1.807) is 0 Å². The first-order valence-electron chi connectivity index (χ1n) is 4.91. The summed E-state index contributed by atoms with van der Waals surface area (Å²) in [4.78, 5) is 0. The van der Waals surface area contributed by atoms with Crippen molar-refractivity contribution >= 4 is 31.9 Å². The third-order valence-electron chi connectivity index (χ3n) is 2.37. The number of hydrogen-bond acceptors (Lipinski definition) is 1. The van der Waals surface area contributed by atoms with Crippen molar-refractivity contribution in [3.05, 3.63) is 44.9 Å². The van der Waals surface area contributed by atoms with Crippen LogP contribution in [0.25, 0.3) is 0 Å². The molecule has 82 valence electrons. The normalized spacial score (nSPS) is 12.5. The largest absolute Gasteiger partial charge is 0.324 e. The third-order valence-corrected chi connectivity index (χ3v) is 3.55. The molecule has 0 aromatic heterocycles. The van der Waals surface area contributed by atoms with E-state index in [1.165, 1.54) is 5.57 Å². The van der Waals surface area contributed by atoms with Gasteiger partial charge < -0.3 is 5.73 Å². The van der Waals surface area contributed by atoms with Crippen molar-refractivity contribution in [2.45, 2.75) is 25.8 Å². The van der Waals surface area contributed by atoms with E-state index < -0.39 is 0 Å². The van der Waals surface area contributed by atoms with Crippen LogP contribution in [0.5, 0.6) is 0 Å². The van der Waals surface area contributed by atoms with Gasteiger partial charge in [0.1, 0.15) is 0 Å². The molecule has 0 aliphatic rings. The van der Waals surface area contributed by atoms with Gasteiger partial charge in [0, 0.05) is 15.0 Å². The zero-order valence-electron chi connectivity index (χ0n) is 8.76. The Balaban J connectivity index is 2.82. The first kappa shape index (κ1) is 12.9.